The van der Waals surface area contributed by atoms with Crippen LogP contribution in [0.25, 0.3) is 0 Å². The van der Waals surface area contributed by atoms with Gasteiger partial charge in [0, 0.05) is 0 Å². The number of carbonyl (C=O) groups excluding carboxylic acids is 2. The summed E-state index contributed by atoms with van der Waals surface area (Å²) >= 11 is 1.22. The first-order valence-corrected chi connectivity index (χ1v) is 9.51. The van der Waals surface area contributed by atoms with Crippen LogP contribution in [-0.2, 0) is 16.0 Å². The topological polar surface area (TPSA) is 121 Å². The molecule has 0 aliphatic heterocycles. The second-order valence-electron chi connectivity index (χ2n) is 6.20. The highest BCUT2D eigenvalue weighted by Crippen LogP contribution is 2.31. The lowest BCUT2D eigenvalue weighted by Gasteiger charge is -2.10. The van der Waals surface area contributed by atoms with E-state index >= 15 is 0 Å². The van der Waals surface area contributed by atoms with Crippen molar-refractivity contribution in [2.24, 2.45) is 5.92 Å². The number of nitrogens with zero attached hydrogens (tertiary/aromatic N) is 2. The first-order valence-electron chi connectivity index (χ1n) is 8.63. The molecule has 2 rings (SSSR count). The average Bonchev–Trinajstić information content (AvgIpc) is 3.01. The quantitative estimate of drug-likeness (QED) is 0.384. The molecule has 0 radical (unpaired) electrons. The summed E-state index contributed by atoms with van der Waals surface area (Å²) in [6.45, 7) is 5.52. The summed E-state index contributed by atoms with van der Waals surface area (Å²) in [5.74, 6) is -1.32. The summed E-state index contributed by atoms with van der Waals surface area (Å²) in [7, 11) is 0. The number of ether oxygens (including phenoxy) is 2. The molecule has 28 heavy (non-hydrogen) atoms. The molecule has 0 aliphatic carbocycles. The van der Waals surface area contributed by atoms with Crippen LogP contribution in [0.4, 0.5) is 10.8 Å². The maximum absolute atomic E-state index is 12.3. The van der Waals surface area contributed by atoms with Crippen molar-refractivity contribution in [3.8, 4) is 5.75 Å². The monoisotopic (exact) mass is 407 g/mol. The van der Waals surface area contributed by atoms with Gasteiger partial charge in [-0.25, -0.2) is 4.79 Å². The number of hydrogen-bond acceptors (Lipinski definition) is 8. The van der Waals surface area contributed by atoms with Crippen LogP contribution < -0.4 is 10.1 Å². The molecule has 150 valence electrons. The first kappa shape index (κ1) is 21.3. The number of amides is 1. The Morgan fingerprint density at radius 2 is 2.14 bits per heavy atom. The second-order valence-corrected chi connectivity index (χ2v) is 7.08. The van der Waals surface area contributed by atoms with Crippen LogP contribution in [-0.4, -0.2) is 35.0 Å². The summed E-state index contributed by atoms with van der Waals surface area (Å²) in [5, 5.41) is 15.7. The van der Waals surface area contributed by atoms with Crippen molar-refractivity contribution in [1.82, 2.24) is 4.98 Å². The average molecular weight is 407 g/mol. The molecule has 10 heteroatoms. The second kappa shape index (κ2) is 9.79. The van der Waals surface area contributed by atoms with Gasteiger partial charge in [-0.3, -0.25) is 4.79 Å². The lowest BCUT2D eigenvalue weighted by molar-refractivity contribution is -0.390. The van der Waals surface area contributed by atoms with E-state index in [1.165, 1.54) is 29.7 Å². The summed E-state index contributed by atoms with van der Waals surface area (Å²) in [5.41, 5.74) is 1.14. The Kier molecular flexibility index (Phi) is 7.44. The van der Waals surface area contributed by atoms with Crippen molar-refractivity contribution in [3.05, 3.63) is 45.0 Å². The van der Waals surface area contributed by atoms with Gasteiger partial charge < -0.3 is 24.9 Å². The van der Waals surface area contributed by atoms with E-state index in [1.807, 2.05) is 19.2 Å². The number of anilines is 1. The minimum atomic E-state index is -0.691. The van der Waals surface area contributed by atoms with E-state index in [0.717, 1.165) is 5.56 Å². The van der Waals surface area contributed by atoms with E-state index in [1.54, 1.807) is 6.92 Å². The molecule has 1 N–H and O–H groups in total. The maximum atomic E-state index is 12.3. The van der Waals surface area contributed by atoms with Crippen LogP contribution in [0.5, 0.6) is 5.75 Å². The summed E-state index contributed by atoms with van der Waals surface area (Å²) in [6.07, 6.45) is 1.93. The number of carbonyl (C=O) groups is 2. The number of rotatable bonds is 9. The molecule has 0 aromatic carbocycles. The van der Waals surface area contributed by atoms with Gasteiger partial charge in [0.05, 0.1) is 12.2 Å². The third-order valence-electron chi connectivity index (χ3n) is 3.51. The summed E-state index contributed by atoms with van der Waals surface area (Å²) in [4.78, 5) is 38.5. The Balaban J connectivity index is 2.12. The fraction of sp³-hybridized carbons (Fsp3) is 0.389. The molecule has 0 bridgehead atoms. The van der Waals surface area contributed by atoms with E-state index in [4.69, 9.17) is 9.47 Å². The highest BCUT2D eigenvalue weighted by atomic mass is 32.1. The molecule has 0 saturated carbocycles. The lowest BCUT2D eigenvalue weighted by atomic mass is 10.0. The largest absolute Gasteiger partial charge is 0.476 e. The first-order chi connectivity index (χ1) is 13.3. The molecular formula is C18H21N3O6S. The van der Waals surface area contributed by atoms with Gasteiger partial charge in [-0.05, 0) is 52.2 Å². The Morgan fingerprint density at radius 3 is 2.79 bits per heavy atom. The van der Waals surface area contributed by atoms with Gasteiger partial charge in [-0.1, -0.05) is 13.8 Å². The predicted octanol–water partition coefficient (Wildman–Crippen LogP) is 3.44. The van der Waals surface area contributed by atoms with Crippen molar-refractivity contribution in [2.45, 2.75) is 27.2 Å². The van der Waals surface area contributed by atoms with E-state index in [9.17, 15) is 19.7 Å². The van der Waals surface area contributed by atoms with E-state index < -0.39 is 29.2 Å². The van der Waals surface area contributed by atoms with Crippen LogP contribution >= 0.6 is 11.3 Å². The van der Waals surface area contributed by atoms with Gasteiger partial charge in [-0.2, -0.15) is 0 Å². The van der Waals surface area contributed by atoms with Gasteiger partial charge in [0.1, 0.15) is 11.2 Å². The number of hydrogen-bond donors (Lipinski definition) is 1. The summed E-state index contributed by atoms with van der Waals surface area (Å²) < 4.78 is 10.3. The van der Waals surface area contributed by atoms with Gasteiger partial charge >= 0.3 is 11.8 Å². The van der Waals surface area contributed by atoms with Crippen molar-refractivity contribution in [1.29, 1.82) is 0 Å². The van der Waals surface area contributed by atoms with Crippen LogP contribution in [0.15, 0.2) is 23.7 Å². The number of aromatic nitrogens is 1. The highest BCUT2D eigenvalue weighted by Gasteiger charge is 2.23. The highest BCUT2D eigenvalue weighted by molar-refractivity contribution is 7.15. The van der Waals surface area contributed by atoms with E-state index in [0.29, 0.717) is 22.9 Å². The lowest BCUT2D eigenvalue weighted by Crippen LogP contribution is -2.21. The predicted molar refractivity (Wildman–Crippen MR) is 104 cm³/mol. The zero-order chi connectivity index (χ0) is 20.7. The number of pyridine rings is 1. The third-order valence-corrected chi connectivity index (χ3v) is 4.45. The number of thiophene rings is 1. The normalized spacial score (nSPS) is 10.6. The number of nitrogens with one attached hydrogen (secondary N) is 1. The molecule has 1 amide bonds. The molecule has 2 aromatic rings. The maximum Gasteiger partial charge on any atom is 0.406 e. The molecule has 2 heterocycles. The molecule has 2 aromatic heterocycles. The molecule has 0 aliphatic rings. The Bertz CT molecular complexity index is 865. The van der Waals surface area contributed by atoms with Crippen molar-refractivity contribution < 1.29 is 24.0 Å². The zero-order valence-electron chi connectivity index (χ0n) is 15.8. The standard InChI is InChI=1S/C18H21N3O6S/c1-4-26-18(23)15-12(8-11(2)3)10-28-17(15)20-14(22)9-27-13-6-5-7-19-16(13)21(24)25/h5-7,10-11H,4,8-9H2,1-3H3,(H,20,22). The van der Waals surface area contributed by atoms with Gasteiger partial charge in [0.2, 0.25) is 5.75 Å². The number of esters is 1. The third kappa shape index (κ3) is 5.49. The SMILES string of the molecule is CCOC(=O)c1c(CC(C)C)csc1NC(=O)COc1cccnc1[N+](=O)[O-]. The van der Waals surface area contributed by atoms with Gasteiger partial charge in [-0.15, -0.1) is 11.3 Å². The smallest absolute Gasteiger partial charge is 0.406 e. The van der Waals surface area contributed by atoms with Crippen LogP contribution in [0.1, 0.15) is 36.7 Å². The molecule has 0 atom stereocenters. The molecule has 9 nitrogen and oxygen atoms in total. The Labute approximate surface area is 165 Å². The molecule has 0 saturated heterocycles. The number of nitro groups is 1. The van der Waals surface area contributed by atoms with Crippen molar-refractivity contribution in [2.75, 3.05) is 18.5 Å². The van der Waals surface area contributed by atoms with E-state index in [-0.39, 0.29) is 12.4 Å². The minimum absolute atomic E-state index is 0.111. The fourth-order valence-electron chi connectivity index (χ4n) is 2.44. The van der Waals surface area contributed by atoms with Crippen molar-refractivity contribution in [3.63, 3.8) is 0 Å². The van der Waals surface area contributed by atoms with Gasteiger partial charge in [0.15, 0.2) is 6.61 Å². The van der Waals surface area contributed by atoms with Crippen LogP contribution in [0, 0.1) is 16.0 Å². The Hall–Kier alpha value is -3.01. The molecule has 0 fully saturated rings. The molecular weight excluding hydrogens is 386 g/mol. The van der Waals surface area contributed by atoms with Crippen LogP contribution in [0.3, 0.4) is 0 Å². The zero-order valence-corrected chi connectivity index (χ0v) is 16.6. The van der Waals surface area contributed by atoms with Crippen molar-refractivity contribution >= 4 is 34.0 Å². The summed E-state index contributed by atoms with van der Waals surface area (Å²) in [6, 6.07) is 2.82. The fourth-order valence-corrected chi connectivity index (χ4v) is 3.42. The van der Waals surface area contributed by atoms with Crippen LogP contribution in [0.2, 0.25) is 0 Å². The minimum Gasteiger partial charge on any atom is -0.476 e. The van der Waals surface area contributed by atoms with E-state index in [2.05, 4.69) is 10.3 Å². The molecule has 0 spiro atoms. The molecule has 0 unspecified atom stereocenters. The van der Waals surface area contributed by atoms with Gasteiger partial charge in [0.25, 0.3) is 5.91 Å². The Morgan fingerprint density at radius 1 is 1.39 bits per heavy atom.